The average molecular weight is 388 g/mol. The molecule has 0 aromatic rings. The van der Waals surface area contributed by atoms with E-state index in [1.54, 1.807) is 0 Å². The van der Waals surface area contributed by atoms with Gasteiger partial charge in [0.25, 0.3) is 0 Å². The van der Waals surface area contributed by atoms with Gasteiger partial charge in [0, 0.05) is 37.8 Å². The summed E-state index contributed by atoms with van der Waals surface area (Å²) in [5.74, 6) is -0.118. The maximum absolute atomic E-state index is 11.7. The number of hydrogen-bond acceptors (Lipinski definition) is 7. The standard InChI is InChI=1S/C18H32N2O7/c1-18(13-25-10-3-8-21,14-26-11-4-9-22)15-27-12-5-17(24)20-7-2-6-19-16-23/h8-9,16H,2-7,10-15H2,1H3,(H,19,23)(H,20,24). The molecular weight excluding hydrogens is 356 g/mol. The minimum Gasteiger partial charge on any atom is -0.380 e. The van der Waals surface area contributed by atoms with Crippen molar-refractivity contribution in [2.24, 2.45) is 5.41 Å². The summed E-state index contributed by atoms with van der Waals surface area (Å²) in [4.78, 5) is 42.5. The summed E-state index contributed by atoms with van der Waals surface area (Å²) in [7, 11) is 0. The number of carbonyl (C=O) groups excluding carboxylic acids is 4. The summed E-state index contributed by atoms with van der Waals surface area (Å²) in [6, 6.07) is 0. The molecule has 0 saturated heterocycles. The van der Waals surface area contributed by atoms with Crippen molar-refractivity contribution in [2.75, 3.05) is 52.7 Å². The smallest absolute Gasteiger partial charge is 0.222 e. The zero-order valence-corrected chi connectivity index (χ0v) is 16.1. The van der Waals surface area contributed by atoms with Crippen LogP contribution in [0.4, 0.5) is 0 Å². The van der Waals surface area contributed by atoms with Crippen molar-refractivity contribution in [1.29, 1.82) is 0 Å². The fourth-order valence-corrected chi connectivity index (χ4v) is 2.07. The van der Waals surface area contributed by atoms with Crippen LogP contribution in [0.3, 0.4) is 0 Å². The molecule has 0 fully saturated rings. The molecule has 0 aromatic heterocycles. The number of carbonyl (C=O) groups is 4. The molecule has 2 amide bonds. The van der Waals surface area contributed by atoms with Gasteiger partial charge in [0.05, 0.1) is 39.6 Å². The van der Waals surface area contributed by atoms with Gasteiger partial charge in [-0.25, -0.2) is 0 Å². The maximum atomic E-state index is 11.7. The molecule has 0 bridgehead atoms. The van der Waals surface area contributed by atoms with E-state index in [0.29, 0.717) is 71.8 Å². The number of amides is 2. The van der Waals surface area contributed by atoms with Crippen LogP contribution in [0.25, 0.3) is 0 Å². The van der Waals surface area contributed by atoms with Crippen molar-refractivity contribution in [2.45, 2.75) is 32.6 Å². The zero-order chi connectivity index (χ0) is 20.2. The van der Waals surface area contributed by atoms with Crippen LogP contribution in [-0.4, -0.2) is 77.6 Å². The Balaban J connectivity index is 4.05. The summed E-state index contributed by atoms with van der Waals surface area (Å²) >= 11 is 0. The van der Waals surface area contributed by atoms with Crippen LogP contribution in [0.5, 0.6) is 0 Å². The summed E-state index contributed by atoms with van der Waals surface area (Å²) in [5.41, 5.74) is -0.442. The third-order valence-electron chi connectivity index (χ3n) is 3.49. The molecule has 0 aliphatic heterocycles. The lowest BCUT2D eigenvalue weighted by atomic mass is 9.94. The number of ether oxygens (including phenoxy) is 3. The molecule has 27 heavy (non-hydrogen) atoms. The highest BCUT2D eigenvalue weighted by Crippen LogP contribution is 2.18. The van der Waals surface area contributed by atoms with Crippen LogP contribution in [-0.2, 0) is 33.4 Å². The quantitative estimate of drug-likeness (QED) is 0.220. The normalized spacial score (nSPS) is 11.0. The fraction of sp³-hybridized carbons (Fsp3) is 0.778. The Morgan fingerprint density at radius 2 is 1.44 bits per heavy atom. The second-order valence-corrected chi connectivity index (χ2v) is 6.40. The second-order valence-electron chi connectivity index (χ2n) is 6.40. The highest BCUT2D eigenvalue weighted by atomic mass is 16.5. The van der Waals surface area contributed by atoms with E-state index < -0.39 is 5.41 Å². The van der Waals surface area contributed by atoms with Gasteiger partial charge in [0.1, 0.15) is 12.6 Å². The SMILES string of the molecule is CC(COCCC=O)(COCCC=O)COCCC(=O)NCCCNC=O. The molecular formula is C18H32N2O7. The summed E-state index contributed by atoms with van der Waals surface area (Å²) in [6.07, 6.45) is 3.76. The predicted octanol–water partition coefficient (Wildman–Crippen LogP) is -0.137. The number of hydrogen-bond donors (Lipinski definition) is 2. The van der Waals surface area contributed by atoms with Crippen molar-refractivity contribution in [3.63, 3.8) is 0 Å². The van der Waals surface area contributed by atoms with E-state index in [0.717, 1.165) is 12.6 Å². The topological polar surface area (TPSA) is 120 Å². The first-order chi connectivity index (χ1) is 13.1. The van der Waals surface area contributed by atoms with Gasteiger partial charge in [-0.3, -0.25) is 9.59 Å². The van der Waals surface area contributed by atoms with Crippen molar-refractivity contribution in [1.82, 2.24) is 10.6 Å². The molecule has 2 N–H and O–H groups in total. The van der Waals surface area contributed by atoms with E-state index in [1.807, 2.05) is 6.92 Å². The molecule has 9 nitrogen and oxygen atoms in total. The third kappa shape index (κ3) is 16.1. The predicted molar refractivity (Wildman–Crippen MR) is 98.2 cm³/mol. The van der Waals surface area contributed by atoms with Gasteiger partial charge in [0.2, 0.25) is 12.3 Å². The van der Waals surface area contributed by atoms with E-state index in [9.17, 15) is 19.2 Å². The molecule has 0 rings (SSSR count). The molecule has 9 heteroatoms. The minimum absolute atomic E-state index is 0.118. The summed E-state index contributed by atoms with van der Waals surface area (Å²) in [6.45, 7) is 4.87. The van der Waals surface area contributed by atoms with Crippen LogP contribution in [0.15, 0.2) is 0 Å². The number of nitrogens with one attached hydrogen (secondary N) is 2. The zero-order valence-electron chi connectivity index (χ0n) is 16.1. The molecule has 0 aliphatic carbocycles. The van der Waals surface area contributed by atoms with Gasteiger partial charge in [-0.05, 0) is 6.42 Å². The largest absolute Gasteiger partial charge is 0.380 e. The van der Waals surface area contributed by atoms with Crippen molar-refractivity contribution in [3.05, 3.63) is 0 Å². The van der Waals surface area contributed by atoms with Crippen LogP contribution >= 0.6 is 0 Å². The Morgan fingerprint density at radius 1 is 0.889 bits per heavy atom. The Bertz CT molecular complexity index is 403. The molecule has 156 valence electrons. The average Bonchev–Trinajstić information content (AvgIpc) is 2.66. The van der Waals surface area contributed by atoms with Crippen LogP contribution in [0, 0.1) is 5.41 Å². The second kappa shape index (κ2) is 17.6. The summed E-state index contributed by atoms with van der Waals surface area (Å²) in [5, 5.41) is 5.27. The highest BCUT2D eigenvalue weighted by molar-refractivity contribution is 5.75. The molecule has 0 unspecified atom stereocenters. The van der Waals surface area contributed by atoms with Gasteiger partial charge in [-0.2, -0.15) is 0 Å². The Kier molecular flexibility index (Phi) is 16.4. The van der Waals surface area contributed by atoms with E-state index in [2.05, 4.69) is 10.6 Å². The Morgan fingerprint density at radius 3 is 1.96 bits per heavy atom. The van der Waals surface area contributed by atoms with Gasteiger partial charge in [-0.1, -0.05) is 6.92 Å². The monoisotopic (exact) mass is 388 g/mol. The number of aldehydes is 2. The van der Waals surface area contributed by atoms with E-state index in [1.165, 1.54) is 0 Å². The molecule has 0 aromatic carbocycles. The van der Waals surface area contributed by atoms with Crippen LogP contribution in [0.2, 0.25) is 0 Å². The first-order valence-electron chi connectivity index (χ1n) is 9.12. The molecule has 0 aliphatic rings. The lowest BCUT2D eigenvalue weighted by Gasteiger charge is -2.29. The van der Waals surface area contributed by atoms with Crippen molar-refractivity contribution >= 4 is 24.9 Å². The third-order valence-corrected chi connectivity index (χ3v) is 3.49. The van der Waals surface area contributed by atoms with E-state index in [-0.39, 0.29) is 18.9 Å². The van der Waals surface area contributed by atoms with Gasteiger partial charge in [-0.15, -0.1) is 0 Å². The van der Waals surface area contributed by atoms with E-state index in [4.69, 9.17) is 14.2 Å². The Hall–Kier alpha value is -1.84. The van der Waals surface area contributed by atoms with Crippen molar-refractivity contribution in [3.8, 4) is 0 Å². The summed E-state index contributed by atoms with van der Waals surface area (Å²) < 4.78 is 16.6. The molecule has 0 radical (unpaired) electrons. The Labute approximate surface area is 160 Å². The first-order valence-corrected chi connectivity index (χ1v) is 9.12. The maximum Gasteiger partial charge on any atom is 0.222 e. The molecule has 0 heterocycles. The highest BCUT2D eigenvalue weighted by Gasteiger charge is 2.26. The lowest BCUT2D eigenvalue weighted by Crippen LogP contribution is -2.35. The molecule has 0 saturated carbocycles. The molecule has 0 atom stereocenters. The van der Waals surface area contributed by atoms with Gasteiger partial charge in [0.15, 0.2) is 0 Å². The molecule has 0 spiro atoms. The number of rotatable bonds is 20. The van der Waals surface area contributed by atoms with Crippen molar-refractivity contribution < 1.29 is 33.4 Å². The first kappa shape index (κ1) is 25.2. The van der Waals surface area contributed by atoms with Gasteiger partial charge >= 0.3 is 0 Å². The lowest BCUT2D eigenvalue weighted by molar-refractivity contribution is -0.123. The van der Waals surface area contributed by atoms with Gasteiger partial charge < -0.3 is 34.4 Å². The van der Waals surface area contributed by atoms with E-state index >= 15 is 0 Å². The van der Waals surface area contributed by atoms with Crippen LogP contribution < -0.4 is 10.6 Å². The minimum atomic E-state index is -0.442. The fourth-order valence-electron chi connectivity index (χ4n) is 2.07. The van der Waals surface area contributed by atoms with Crippen LogP contribution in [0.1, 0.15) is 32.6 Å².